The molecule has 0 atom stereocenters. The Balaban J connectivity index is 0.000000301. The number of carbonyl (C=O) groups is 3. The van der Waals surface area contributed by atoms with Gasteiger partial charge in [0.25, 0.3) is 0 Å². The maximum atomic E-state index is 11.9. The third-order valence-corrected chi connectivity index (χ3v) is 8.09. The fraction of sp³-hybridized carbons (Fsp3) is 0.133. The van der Waals surface area contributed by atoms with Gasteiger partial charge in [-0.05, 0) is 120 Å². The van der Waals surface area contributed by atoms with Crippen LogP contribution in [0.5, 0.6) is 17.2 Å². The second kappa shape index (κ2) is 25.2. The van der Waals surface area contributed by atoms with Crippen molar-refractivity contribution in [3.8, 4) is 17.2 Å². The first-order valence-corrected chi connectivity index (χ1v) is 18.0. The number of benzene rings is 4. The van der Waals surface area contributed by atoms with E-state index in [2.05, 4.69) is 34.2 Å². The predicted octanol–water partition coefficient (Wildman–Crippen LogP) is 7.84. The van der Waals surface area contributed by atoms with Crippen molar-refractivity contribution in [3.63, 3.8) is 0 Å². The van der Waals surface area contributed by atoms with Gasteiger partial charge in [-0.3, -0.25) is 24.4 Å². The van der Waals surface area contributed by atoms with Gasteiger partial charge in [0.15, 0.2) is 17.3 Å². The van der Waals surface area contributed by atoms with Crippen LogP contribution in [-0.2, 0) is 0 Å². The van der Waals surface area contributed by atoms with Crippen LogP contribution in [0.15, 0.2) is 157 Å². The summed E-state index contributed by atoms with van der Waals surface area (Å²) in [7, 11) is 4.24. The number of hydrogen-bond donors (Lipinski definition) is 0. The maximum absolute atomic E-state index is 11.9. The van der Waals surface area contributed by atoms with E-state index in [4.69, 9.17) is 14.2 Å². The normalized spacial score (nSPS) is 11.8. The molecule has 0 amide bonds. The molecular weight excluding hydrogens is 1050 g/mol. The summed E-state index contributed by atoms with van der Waals surface area (Å²) in [6.07, 6.45) is -11.4. The molecular formula is C45H32DyF9N2O9. The van der Waals surface area contributed by atoms with Crippen LogP contribution in [-0.4, -0.2) is 67.2 Å². The smallest absolute Gasteiger partial charge is 0.869 e. The van der Waals surface area contributed by atoms with E-state index < -0.39 is 53.2 Å². The molecule has 11 nitrogen and oxygen atoms in total. The number of ether oxygens (including phenoxy) is 3. The van der Waals surface area contributed by atoms with Crippen LogP contribution in [0, 0.1) is 38.2 Å². The van der Waals surface area contributed by atoms with E-state index in [1.807, 2.05) is 12.1 Å². The molecule has 0 unspecified atom stereocenters. The second-order valence-electron chi connectivity index (χ2n) is 12.5. The fourth-order valence-electron chi connectivity index (χ4n) is 4.80. The summed E-state index contributed by atoms with van der Waals surface area (Å²) in [6, 6.07) is 28.3. The third-order valence-electron chi connectivity index (χ3n) is 8.09. The fourth-order valence-corrected chi connectivity index (χ4v) is 4.80. The van der Waals surface area contributed by atoms with E-state index in [0.717, 1.165) is 21.8 Å². The summed E-state index contributed by atoms with van der Waals surface area (Å²) in [5, 5.41) is 33.9. The molecule has 0 aliphatic carbocycles. The maximum Gasteiger partial charge on any atom is 3.00 e. The first kappa shape index (κ1) is 55.5. The molecule has 21 heteroatoms. The largest absolute Gasteiger partial charge is 3.00 e. The quantitative estimate of drug-likeness (QED) is 0.0454. The van der Waals surface area contributed by atoms with Crippen LogP contribution in [0.25, 0.3) is 21.8 Å². The molecule has 0 saturated heterocycles. The number of ketones is 3. The van der Waals surface area contributed by atoms with Gasteiger partial charge in [-0.1, -0.05) is 24.3 Å². The summed E-state index contributed by atoms with van der Waals surface area (Å²) in [6.45, 7) is 0. The molecule has 1 radical (unpaired) electrons. The molecule has 349 valence electrons. The van der Waals surface area contributed by atoms with Crippen LogP contribution in [0.4, 0.5) is 39.5 Å². The number of alkyl halides is 9. The van der Waals surface area contributed by atoms with Gasteiger partial charge in [-0.2, -0.15) is 39.5 Å². The van der Waals surface area contributed by atoms with Crippen molar-refractivity contribution < 1.29 is 122 Å². The zero-order valence-corrected chi connectivity index (χ0v) is 36.1. The number of methoxy groups -OCH3 is 3. The predicted molar refractivity (Wildman–Crippen MR) is 211 cm³/mol. The number of carbonyl (C=O) groups excluding carboxylic acids is 3. The average Bonchev–Trinajstić information content (AvgIpc) is 3.28. The van der Waals surface area contributed by atoms with Crippen LogP contribution >= 0.6 is 0 Å². The van der Waals surface area contributed by atoms with Crippen LogP contribution < -0.4 is 29.5 Å². The summed E-state index contributed by atoms with van der Waals surface area (Å²) in [5.41, 5.74) is 1.92. The Bertz CT molecular complexity index is 2390. The molecule has 6 aromatic rings. The second-order valence-corrected chi connectivity index (χ2v) is 12.5. The Morgan fingerprint density at radius 3 is 0.894 bits per heavy atom. The Kier molecular flexibility index (Phi) is 21.2. The number of halogens is 9. The van der Waals surface area contributed by atoms with Crippen molar-refractivity contribution in [1.82, 2.24) is 9.97 Å². The Morgan fingerprint density at radius 2 is 0.682 bits per heavy atom. The Hall–Kier alpha value is -6.63. The third kappa shape index (κ3) is 17.4. The minimum Gasteiger partial charge on any atom is -0.869 e. The number of pyridine rings is 2. The van der Waals surface area contributed by atoms with Crippen molar-refractivity contribution >= 4 is 39.2 Å². The van der Waals surface area contributed by atoms with Crippen LogP contribution in [0.1, 0.15) is 31.1 Å². The van der Waals surface area contributed by atoms with Gasteiger partial charge in [-0.15, -0.1) is 0 Å². The summed E-state index contributed by atoms with van der Waals surface area (Å²) in [4.78, 5) is 42.5. The molecule has 2 aromatic heterocycles. The van der Waals surface area contributed by atoms with Gasteiger partial charge < -0.3 is 29.5 Å². The molecule has 0 aliphatic rings. The summed E-state index contributed by atoms with van der Waals surface area (Å²) >= 11 is 0. The monoisotopic (exact) mass is 1080 g/mol. The number of fused-ring (bicyclic) bond motifs is 3. The van der Waals surface area contributed by atoms with E-state index >= 15 is 0 Å². The molecule has 6 rings (SSSR count). The van der Waals surface area contributed by atoms with E-state index in [1.165, 1.54) is 94.1 Å². The summed E-state index contributed by atoms with van der Waals surface area (Å²) < 4.78 is 121. The van der Waals surface area contributed by atoms with E-state index in [-0.39, 0.29) is 73.1 Å². The molecule has 2 heterocycles. The number of nitrogens with zero attached hydrogens (tertiary/aromatic N) is 2. The van der Waals surface area contributed by atoms with Gasteiger partial charge >= 0.3 is 56.7 Å². The average molecular weight is 1080 g/mol. The molecule has 0 bridgehead atoms. The molecule has 0 spiro atoms. The number of hydrogen-bond acceptors (Lipinski definition) is 11. The van der Waals surface area contributed by atoms with E-state index in [1.54, 1.807) is 12.4 Å². The Labute approximate surface area is 399 Å². The number of aromatic nitrogens is 2. The van der Waals surface area contributed by atoms with Crippen LogP contribution in [0.2, 0.25) is 0 Å². The minimum absolute atomic E-state index is 0. The number of allylic oxidation sites excluding steroid dienone is 6. The van der Waals surface area contributed by atoms with Crippen molar-refractivity contribution in [1.29, 1.82) is 0 Å². The van der Waals surface area contributed by atoms with Gasteiger partial charge in [0, 0.05) is 39.9 Å². The molecule has 66 heavy (non-hydrogen) atoms. The van der Waals surface area contributed by atoms with Crippen LogP contribution in [0.3, 0.4) is 0 Å². The van der Waals surface area contributed by atoms with Gasteiger partial charge in [0.1, 0.15) is 17.2 Å². The standard InChI is InChI=1S/C12H8N2.3C11H9F3O3.Dy/c1-3-9-5-6-10-4-2-8-14-12(10)11(9)13-7-1;3*1-17-8-4-2-7(3-5-8)9(15)6-10(16)11(12,13)14;/h1-8H;3*2-6,16H,1H3;/q;;;;+3/p-3/b;3*10-6-;. The van der Waals surface area contributed by atoms with Crippen molar-refractivity contribution in [3.05, 3.63) is 174 Å². The first-order chi connectivity index (χ1) is 30.5. The molecule has 0 saturated carbocycles. The molecule has 0 fully saturated rings. The molecule has 0 aliphatic heterocycles. The topological polar surface area (TPSA) is 174 Å². The van der Waals surface area contributed by atoms with Gasteiger partial charge in [0.05, 0.1) is 32.4 Å². The zero-order valence-electron chi connectivity index (χ0n) is 34.1. The van der Waals surface area contributed by atoms with Crippen molar-refractivity contribution in [2.45, 2.75) is 18.5 Å². The van der Waals surface area contributed by atoms with E-state index in [9.17, 15) is 69.2 Å². The van der Waals surface area contributed by atoms with Gasteiger partial charge in [0.2, 0.25) is 0 Å². The Morgan fingerprint density at radius 1 is 0.439 bits per heavy atom. The van der Waals surface area contributed by atoms with E-state index in [0.29, 0.717) is 17.2 Å². The molecule has 4 aromatic carbocycles. The zero-order chi connectivity index (χ0) is 48.5. The SMILES string of the molecule is COc1ccc(C(=O)/C=C(\[O-])C(F)(F)F)cc1.COc1ccc(C(=O)/C=C(\[O-])C(F)(F)F)cc1.COc1ccc(C(=O)/C=C(\[O-])C(F)(F)F)cc1.[Dy+3].c1cnc2c(c1)ccc1cccnc12. The van der Waals surface area contributed by atoms with Crippen molar-refractivity contribution in [2.24, 2.45) is 0 Å². The van der Waals surface area contributed by atoms with Crippen molar-refractivity contribution in [2.75, 3.05) is 21.3 Å². The minimum atomic E-state index is -5.03. The number of rotatable bonds is 9. The first-order valence-electron chi connectivity index (χ1n) is 18.0. The van der Waals surface area contributed by atoms with Gasteiger partial charge in [-0.25, -0.2) is 0 Å². The summed E-state index contributed by atoms with van der Waals surface area (Å²) in [5.74, 6) is -8.09. The molecule has 0 N–H and O–H groups in total.